The van der Waals surface area contributed by atoms with E-state index in [2.05, 4.69) is 42.0 Å². The highest BCUT2D eigenvalue weighted by Crippen LogP contribution is 2.36. The van der Waals surface area contributed by atoms with Crippen LogP contribution in [0, 0.1) is 0 Å². The van der Waals surface area contributed by atoms with Crippen molar-refractivity contribution in [3.8, 4) is 11.5 Å². The molecule has 0 bridgehead atoms. The maximum Gasteiger partial charge on any atom is 0.124 e. The molecular formula is C21H29N3O2. The Morgan fingerprint density at radius 3 is 2.77 bits per heavy atom. The van der Waals surface area contributed by atoms with E-state index in [0.717, 1.165) is 37.6 Å². The van der Waals surface area contributed by atoms with Crippen molar-refractivity contribution in [2.45, 2.75) is 51.7 Å². The Morgan fingerprint density at radius 2 is 2.08 bits per heavy atom. The van der Waals surface area contributed by atoms with Crippen LogP contribution in [0.25, 0.3) is 0 Å². The van der Waals surface area contributed by atoms with Gasteiger partial charge in [-0.05, 0) is 58.0 Å². The van der Waals surface area contributed by atoms with Crippen molar-refractivity contribution in [1.82, 2.24) is 14.7 Å². The number of benzene rings is 1. The smallest absolute Gasteiger partial charge is 0.124 e. The Hall–Kier alpha value is -2.01. The van der Waals surface area contributed by atoms with Crippen molar-refractivity contribution in [2.75, 3.05) is 19.7 Å². The summed E-state index contributed by atoms with van der Waals surface area (Å²) in [5, 5.41) is 4.32. The van der Waals surface area contributed by atoms with Crippen LogP contribution in [0.2, 0.25) is 0 Å². The number of aryl methyl sites for hydroxylation is 1. The normalized spacial score (nSPS) is 20.8. The molecule has 26 heavy (non-hydrogen) atoms. The topological polar surface area (TPSA) is 39.5 Å². The molecule has 2 aliphatic rings. The summed E-state index contributed by atoms with van der Waals surface area (Å²) in [7, 11) is 2.04. The second-order valence-corrected chi connectivity index (χ2v) is 7.56. The number of hydrogen-bond donors (Lipinski definition) is 0. The fraction of sp³-hybridized carbons (Fsp3) is 0.571. The first-order chi connectivity index (χ1) is 12.6. The van der Waals surface area contributed by atoms with Crippen LogP contribution in [0.5, 0.6) is 11.5 Å². The number of likely N-dealkylation sites (tertiary alicyclic amines) is 1. The molecule has 5 nitrogen and oxygen atoms in total. The van der Waals surface area contributed by atoms with Crippen LogP contribution in [0.3, 0.4) is 0 Å². The predicted molar refractivity (Wildman–Crippen MR) is 102 cm³/mol. The van der Waals surface area contributed by atoms with Crippen LogP contribution in [0.15, 0.2) is 24.4 Å². The van der Waals surface area contributed by atoms with Gasteiger partial charge in [-0.25, -0.2) is 0 Å². The number of rotatable bonds is 5. The Labute approximate surface area is 155 Å². The maximum absolute atomic E-state index is 5.97. The highest BCUT2D eigenvalue weighted by molar-refractivity contribution is 5.48. The first-order valence-electron chi connectivity index (χ1n) is 9.79. The Kier molecular flexibility index (Phi) is 4.90. The fourth-order valence-corrected chi connectivity index (χ4v) is 4.31. The zero-order valence-electron chi connectivity index (χ0n) is 16.1. The van der Waals surface area contributed by atoms with Crippen LogP contribution >= 0.6 is 0 Å². The minimum absolute atomic E-state index is 0.268. The molecule has 1 aromatic heterocycles. The number of hydrogen-bond acceptors (Lipinski definition) is 4. The van der Waals surface area contributed by atoms with Crippen molar-refractivity contribution in [3.63, 3.8) is 0 Å². The highest BCUT2D eigenvalue weighted by atomic mass is 16.5. The maximum atomic E-state index is 5.97. The van der Waals surface area contributed by atoms with Crippen LogP contribution in [0.4, 0.5) is 0 Å². The van der Waals surface area contributed by atoms with Crippen molar-refractivity contribution < 1.29 is 9.47 Å². The number of aromatic nitrogens is 2. The largest absolute Gasteiger partial charge is 0.494 e. The minimum Gasteiger partial charge on any atom is -0.494 e. The van der Waals surface area contributed by atoms with E-state index >= 15 is 0 Å². The van der Waals surface area contributed by atoms with Gasteiger partial charge in [0.1, 0.15) is 17.6 Å². The SMILES string of the molecule is CCOc1cc2c(cc1CN1CCC(c3ccnn3C)CC1)O[C@H](C)C2. The standard InChI is InChI=1S/C21H29N3O2/c1-4-25-20-12-17-11-15(2)26-21(17)13-18(20)14-24-9-6-16(7-10-24)19-5-8-22-23(19)3/h5,8,12-13,15-16H,4,6-7,9-11,14H2,1-3H3/t15-/m1/s1. The Bertz CT molecular complexity index is 763. The molecule has 0 saturated carbocycles. The van der Waals surface area contributed by atoms with E-state index in [4.69, 9.17) is 9.47 Å². The van der Waals surface area contributed by atoms with Gasteiger partial charge in [0.25, 0.3) is 0 Å². The van der Waals surface area contributed by atoms with Gasteiger partial charge in [-0.3, -0.25) is 9.58 Å². The lowest BCUT2D eigenvalue weighted by atomic mass is 9.93. The summed E-state index contributed by atoms with van der Waals surface area (Å²) in [6, 6.07) is 6.56. The van der Waals surface area contributed by atoms with Crippen LogP contribution in [0.1, 0.15) is 49.4 Å². The molecule has 0 aliphatic carbocycles. The molecule has 4 rings (SSSR count). The number of nitrogens with zero attached hydrogens (tertiary/aromatic N) is 3. The predicted octanol–water partition coefficient (Wildman–Crippen LogP) is 3.52. The second-order valence-electron chi connectivity index (χ2n) is 7.56. The first kappa shape index (κ1) is 17.4. The van der Waals surface area contributed by atoms with Crippen molar-refractivity contribution in [1.29, 1.82) is 0 Å². The summed E-state index contributed by atoms with van der Waals surface area (Å²) in [4.78, 5) is 2.54. The molecule has 0 radical (unpaired) electrons. The van der Waals surface area contributed by atoms with Gasteiger partial charge in [0, 0.05) is 48.9 Å². The van der Waals surface area contributed by atoms with Gasteiger partial charge < -0.3 is 9.47 Å². The van der Waals surface area contributed by atoms with Crippen LogP contribution in [-0.4, -0.2) is 40.5 Å². The van der Waals surface area contributed by atoms with E-state index in [-0.39, 0.29) is 6.10 Å². The van der Waals surface area contributed by atoms with Gasteiger partial charge in [0.05, 0.1) is 6.61 Å². The summed E-state index contributed by atoms with van der Waals surface area (Å²) in [5.41, 5.74) is 3.89. The lowest BCUT2D eigenvalue weighted by Crippen LogP contribution is -2.33. The molecule has 2 aliphatic heterocycles. The number of ether oxygens (including phenoxy) is 2. The fourth-order valence-electron chi connectivity index (χ4n) is 4.31. The van der Waals surface area contributed by atoms with Crippen molar-refractivity contribution >= 4 is 0 Å². The minimum atomic E-state index is 0.268. The van der Waals surface area contributed by atoms with Crippen molar-refractivity contribution in [3.05, 3.63) is 41.2 Å². The summed E-state index contributed by atoms with van der Waals surface area (Å²) in [6.45, 7) is 8.02. The average molecular weight is 355 g/mol. The van der Waals surface area contributed by atoms with E-state index in [1.807, 2.05) is 17.9 Å². The molecule has 0 spiro atoms. The number of piperidine rings is 1. The molecule has 0 amide bonds. The molecule has 140 valence electrons. The third-order valence-corrected chi connectivity index (χ3v) is 5.64. The van der Waals surface area contributed by atoms with Crippen molar-refractivity contribution in [2.24, 2.45) is 7.05 Å². The molecular weight excluding hydrogens is 326 g/mol. The van der Waals surface area contributed by atoms with Crippen LogP contribution < -0.4 is 9.47 Å². The molecule has 1 aromatic carbocycles. The zero-order chi connectivity index (χ0) is 18.1. The van der Waals surface area contributed by atoms with E-state index in [9.17, 15) is 0 Å². The zero-order valence-corrected chi connectivity index (χ0v) is 16.1. The van der Waals surface area contributed by atoms with E-state index < -0.39 is 0 Å². The monoisotopic (exact) mass is 355 g/mol. The molecule has 0 unspecified atom stereocenters. The Morgan fingerprint density at radius 1 is 1.27 bits per heavy atom. The molecule has 5 heteroatoms. The molecule has 1 saturated heterocycles. The lowest BCUT2D eigenvalue weighted by Gasteiger charge is -2.32. The summed E-state index contributed by atoms with van der Waals surface area (Å²) in [6.07, 6.45) is 5.52. The van der Waals surface area contributed by atoms with Gasteiger partial charge >= 0.3 is 0 Å². The van der Waals surface area contributed by atoms with Gasteiger partial charge in [-0.2, -0.15) is 5.10 Å². The summed E-state index contributed by atoms with van der Waals surface area (Å²) in [5.74, 6) is 2.69. The summed E-state index contributed by atoms with van der Waals surface area (Å²) < 4.78 is 13.9. The summed E-state index contributed by atoms with van der Waals surface area (Å²) >= 11 is 0. The molecule has 2 aromatic rings. The van der Waals surface area contributed by atoms with E-state index in [1.165, 1.54) is 29.7 Å². The van der Waals surface area contributed by atoms with Gasteiger partial charge in [0.2, 0.25) is 0 Å². The van der Waals surface area contributed by atoms with E-state index in [0.29, 0.717) is 12.5 Å². The molecule has 1 atom stereocenters. The molecule has 3 heterocycles. The third-order valence-electron chi connectivity index (χ3n) is 5.64. The second kappa shape index (κ2) is 7.31. The number of fused-ring (bicyclic) bond motifs is 1. The van der Waals surface area contributed by atoms with Gasteiger partial charge in [-0.1, -0.05) is 0 Å². The molecule has 1 fully saturated rings. The molecule has 0 N–H and O–H groups in total. The van der Waals surface area contributed by atoms with Crippen LogP contribution in [-0.2, 0) is 20.0 Å². The van der Waals surface area contributed by atoms with Gasteiger partial charge in [0.15, 0.2) is 0 Å². The third kappa shape index (κ3) is 3.45. The quantitative estimate of drug-likeness (QED) is 0.823. The lowest BCUT2D eigenvalue weighted by molar-refractivity contribution is 0.198. The average Bonchev–Trinajstić information content (AvgIpc) is 3.20. The van der Waals surface area contributed by atoms with E-state index in [1.54, 1.807) is 0 Å². The first-order valence-corrected chi connectivity index (χ1v) is 9.79. The van der Waals surface area contributed by atoms with Gasteiger partial charge in [-0.15, -0.1) is 0 Å². The highest BCUT2D eigenvalue weighted by Gasteiger charge is 2.25. The Balaban J connectivity index is 1.45.